The predicted octanol–water partition coefficient (Wildman–Crippen LogP) is 1.60. The van der Waals surface area contributed by atoms with Crippen LogP contribution < -0.4 is 4.74 Å². The summed E-state index contributed by atoms with van der Waals surface area (Å²) in [4.78, 5) is 14.1. The molecule has 1 saturated carbocycles. The molecule has 1 aromatic rings. The van der Waals surface area contributed by atoms with Gasteiger partial charge in [-0.1, -0.05) is 11.6 Å². The summed E-state index contributed by atoms with van der Waals surface area (Å²) in [5, 5.41) is 10.3. The molecule has 1 N–H and O–H groups in total. The van der Waals surface area contributed by atoms with Crippen molar-refractivity contribution < 1.29 is 14.6 Å². The second-order valence-electron chi connectivity index (χ2n) is 5.74. The molecule has 1 aliphatic carbocycles. The quantitative estimate of drug-likeness (QED) is 0.899. The molecule has 1 aliphatic heterocycles. The van der Waals surface area contributed by atoms with Gasteiger partial charge in [0, 0.05) is 0 Å². The fourth-order valence-electron chi connectivity index (χ4n) is 2.80. The number of methoxy groups -OCH3 is 1. The number of nitrogens with zero attached hydrogens (tertiary/aromatic N) is 1. The highest BCUT2D eigenvalue weighted by Gasteiger charge is 2.53. The second-order valence-corrected chi connectivity index (χ2v) is 5.74. The van der Waals surface area contributed by atoms with Crippen molar-refractivity contribution in [1.29, 1.82) is 0 Å². The van der Waals surface area contributed by atoms with Crippen molar-refractivity contribution in [3.05, 3.63) is 29.3 Å². The van der Waals surface area contributed by atoms with E-state index in [1.165, 1.54) is 0 Å². The minimum atomic E-state index is -0.632. The van der Waals surface area contributed by atoms with Crippen molar-refractivity contribution in [3.63, 3.8) is 0 Å². The van der Waals surface area contributed by atoms with Crippen LogP contribution in [0.1, 0.15) is 28.8 Å². The summed E-state index contributed by atoms with van der Waals surface area (Å²) in [6.45, 7) is 2.86. The van der Waals surface area contributed by atoms with Gasteiger partial charge in [0.25, 0.3) is 5.91 Å². The number of benzene rings is 1. The summed E-state index contributed by atoms with van der Waals surface area (Å²) < 4.78 is 5.24. The number of ether oxygens (including phenoxy) is 1. The van der Waals surface area contributed by atoms with E-state index >= 15 is 0 Å². The topological polar surface area (TPSA) is 49.8 Å². The van der Waals surface area contributed by atoms with Gasteiger partial charge in [0.05, 0.1) is 25.8 Å². The van der Waals surface area contributed by atoms with Crippen LogP contribution in [0.4, 0.5) is 0 Å². The van der Waals surface area contributed by atoms with Gasteiger partial charge in [-0.3, -0.25) is 4.79 Å². The van der Waals surface area contributed by atoms with Crippen LogP contribution >= 0.6 is 0 Å². The van der Waals surface area contributed by atoms with Crippen LogP contribution in [-0.4, -0.2) is 41.7 Å². The van der Waals surface area contributed by atoms with Crippen LogP contribution in [0, 0.1) is 12.8 Å². The summed E-state index contributed by atoms with van der Waals surface area (Å²) in [6.07, 6.45) is 2.18. The molecule has 0 bridgehead atoms. The molecule has 4 heteroatoms. The lowest BCUT2D eigenvalue weighted by Gasteiger charge is -2.47. The molecule has 2 fully saturated rings. The minimum absolute atomic E-state index is 0.0501. The maximum atomic E-state index is 12.4. The number of β-amino-alcohol motifs (C(OH)–C–C–N with tert-alkyl or cyclic N) is 1. The number of aliphatic hydroxyl groups is 1. The molecule has 0 spiro atoms. The van der Waals surface area contributed by atoms with Crippen LogP contribution in [0.3, 0.4) is 0 Å². The van der Waals surface area contributed by atoms with Crippen molar-refractivity contribution >= 4 is 5.91 Å². The van der Waals surface area contributed by atoms with Gasteiger partial charge in [0.15, 0.2) is 0 Å². The van der Waals surface area contributed by atoms with Gasteiger partial charge in [-0.2, -0.15) is 0 Å². The molecule has 3 rings (SSSR count). The van der Waals surface area contributed by atoms with Crippen molar-refractivity contribution in [3.8, 4) is 5.75 Å². The molecule has 1 saturated heterocycles. The predicted molar refractivity (Wildman–Crippen MR) is 71.3 cm³/mol. The van der Waals surface area contributed by atoms with Crippen molar-refractivity contribution in [2.75, 3.05) is 20.2 Å². The van der Waals surface area contributed by atoms with Crippen molar-refractivity contribution in [1.82, 2.24) is 4.90 Å². The van der Waals surface area contributed by atoms with Crippen molar-refractivity contribution in [2.24, 2.45) is 5.92 Å². The molecular formula is C15H19NO3. The maximum Gasteiger partial charge on any atom is 0.257 e. The fourth-order valence-corrected chi connectivity index (χ4v) is 2.80. The normalized spacial score (nSPS) is 20.9. The molecule has 0 unspecified atom stereocenters. The highest BCUT2D eigenvalue weighted by Crippen LogP contribution is 2.45. The first-order chi connectivity index (χ1) is 9.03. The van der Waals surface area contributed by atoms with Gasteiger partial charge in [-0.15, -0.1) is 0 Å². The second kappa shape index (κ2) is 4.23. The molecule has 0 atom stereocenters. The van der Waals surface area contributed by atoms with Crippen LogP contribution in [-0.2, 0) is 0 Å². The Labute approximate surface area is 113 Å². The third kappa shape index (κ3) is 2.10. The Morgan fingerprint density at radius 1 is 1.42 bits per heavy atom. The van der Waals surface area contributed by atoms with Gasteiger partial charge in [-0.25, -0.2) is 0 Å². The van der Waals surface area contributed by atoms with E-state index in [2.05, 4.69) is 0 Å². The largest absolute Gasteiger partial charge is 0.496 e. The van der Waals surface area contributed by atoms with Gasteiger partial charge in [0.2, 0.25) is 0 Å². The first-order valence-corrected chi connectivity index (χ1v) is 6.70. The molecule has 2 aliphatic rings. The van der Waals surface area contributed by atoms with Gasteiger partial charge in [0.1, 0.15) is 11.4 Å². The molecule has 1 aromatic carbocycles. The lowest BCUT2D eigenvalue weighted by Crippen LogP contribution is -2.64. The molecule has 1 heterocycles. The monoisotopic (exact) mass is 261 g/mol. The number of hydrogen-bond acceptors (Lipinski definition) is 3. The van der Waals surface area contributed by atoms with Gasteiger partial charge >= 0.3 is 0 Å². The van der Waals surface area contributed by atoms with Crippen molar-refractivity contribution in [2.45, 2.75) is 25.4 Å². The first-order valence-electron chi connectivity index (χ1n) is 6.70. The molecular weight excluding hydrogens is 242 g/mol. The maximum absolute atomic E-state index is 12.4. The molecule has 1 amide bonds. The number of carbonyl (C=O) groups is 1. The number of aryl methyl sites for hydroxylation is 1. The van der Waals surface area contributed by atoms with E-state index in [4.69, 9.17) is 4.74 Å². The Hall–Kier alpha value is -1.55. The fraction of sp³-hybridized carbons (Fsp3) is 0.533. The third-order valence-electron chi connectivity index (χ3n) is 4.14. The molecule has 0 radical (unpaired) electrons. The number of amides is 1. The summed E-state index contributed by atoms with van der Waals surface area (Å²) in [5.41, 5.74) is 0.981. The smallest absolute Gasteiger partial charge is 0.257 e. The minimum Gasteiger partial charge on any atom is -0.496 e. The van der Waals surface area contributed by atoms with Gasteiger partial charge in [-0.05, 0) is 37.8 Å². The summed E-state index contributed by atoms with van der Waals surface area (Å²) in [5.74, 6) is 0.944. The zero-order valence-corrected chi connectivity index (χ0v) is 11.3. The SMILES string of the molecule is COc1ccc(C)cc1C(=O)N1CC(O)(C2CC2)C1. The Morgan fingerprint density at radius 2 is 2.11 bits per heavy atom. The van der Waals surface area contributed by atoms with Gasteiger partial charge < -0.3 is 14.7 Å². The third-order valence-corrected chi connectivity index (χ3v) is 4.14. The molecule has 4 nitrogen and oxygen atoms in total. The highest BCUT2D eigenvalue weighted by atomic mass is 16.5. The lowest BCUT2D eigenvalue weighted by atomic mass is 9.88. The lowest BCUT2D eigenvalue weighted by molar-refractivity contribution is -0.0958. The Balaban J connectivity index is 1.76. The molecule has 19 heavy (non-hydrogen) atoms. The molecule has 102 valence electrons. The van der Waals surface area contributed by atoms with Crippen LogP contribution in [0.25, 0.3) is 0 Å². The van der Waals surface area contributed by atoms with E-state index in [0.717, 1.165) is 18.4 Å². The summed E-state index contributed by atoms with van der Waals surface area (Å²) >= 11 is 0. The standard InChI is InChI=1S/C15H19NO3/c1-10-3-6-13(19-2)12(7-10)14(17)16-8-15(18,9-16)11-4-5-11/h3,6-7,11,18H,4-5,8-9H2,1-2H3. The van der Waals surface area contributed by atoms with E-state index in [9.17, 15) is 9.90 Å². The Bertz CT molecular complexity index is 516. The Morgan fingerprint density at radius 3 is 2.68 bits per heavy atom. The van der Waals surface area contributed by atoms with E-state index in [1.54, 1.807) is 12.0 Å². The number of carbonyl (C=O) groups excluding carboxylic acids is 1. The van der Waals surface area contributed by atoms with E-state index < -0.39 is 5.60 Å². The number of likely N-dealkylation sites (tertiary alicyclic amines) is 1. The zero-order valence-electron chi connectivity index (χ0n) is 11.3. The van der Waals surface area contributed by atoms with E-state index in [1.807, 2.05) is 25.1 Å². The highest BCUT2D eigenvalue weighted by molar-refractivity contribution is 5.97. The number of hydrogen-bond donors (Lipinski definition) is 1. The zero-order chi connectivity index (χ0) is 13.6. The average Bonchev–Trinajstić information content (AvgIpc) is 3.18. The summed E-state index contributed by atoms with van der Waals surface area (Å²) in [6, 6.07) is 5.58. The Kier molecular flexibility index (Phi) is 2.78. The van der Waals surface area contributed by atoms with E-state index in [0.29, 0.717) is 30.3 Å². The van der Waals surface area contributed by atoms with E-state index in [-0.39, 0.29) is 5.91 Å². The van der Waals surface area contributed by atoms with Crippen LogP contribution in [0.2, 0.25) is 0 Å². The van der Waals surface area contributed by atoms with Crippen LogP contribution in [0.5, 0.6) is 5.75 Å². The average molecular weight is 261 g/mol. The number of rotatable bonds is 3. The molecule has 0 aromatic heterocycles. The summed E-state index contributed by atoms with van der Waals surface area (Å²) in [7, 11) is 1.57. The first kappa shape index (κ1) is 12.5. The van der Waals surface area contributed by atoms with Crippen LogP contribution in [0.15, 0.2) is 18.2 Å².